The normalized spacial score (nSPS) is 13.6. The summed E-state index contributed by atoms with van der Waals surface area (Å²) in [6.45, 7) is 0.390. The van der Waals surface area contributed by atoms with Gasteiger partial charge < -0.3 is 10.4 Å². The van der Waals surface area contributed by atoms with Crippen molar-refractivity contribution in [2.45, 2.75) is 15.9 Å². The van der Waals surface area contributed by atoms with E-state index in [2.05, 4.69) is 5.32 Å². The van der Waals surface area contributed by atoms with E-state index in [-0.39, 0.29) is 4.90 Å². The number of hydrogen-bond acceptors (Lipinski definition) is 5. The quantitative estimate of drug-likeness (QED) is 0.787. The Labute approximate surface area is 106 Å². The summed E-state index contributed by atoms with van der Waals surface area (Å²) in [7, 11) is -1.53. The van der Waals surface area contributed by atoms with Crippen LogP contribution in [0.4, 0.5) is 0 Å². The smallest absolute Gasteiger partial charge is 0.176 e. The van der Waals surface area contributed by atoms with Crippen LogP contribution in [0.25, 0.3) is 0 Å². The first kappa shape index (κ1) is 14.5. The van der Waals surface area contributed by atoms with Gasteiger partial charge in [0.15, 0.2) is 9.84 Å². The third-order valence-corrected chi connectivity index (χ3v) is 4.50. The molecule has 96 valence electrons. The molecule has 0 fully saturated rings. The van der Waals surface area contributed by atoms with Gasteiger partial charge in [0, 0.05) is 17.7 Å². The highest BCUT2D eigenvalue weighted by molar-refractivity contribution is 7.99. The van der Waals surface area contributed by atoms with Crippen LogP contribution in [0.3, 0.4) is 0 Å². The van der Waals surface area contributed by atoms with Crippen molar-refractivity contribution in [2.75, 3.05) is 26.1 Å². The molecular weight excluding hydrogens is 258 g/mol. The van der Waals surface area contributed by atoms with E-state index in [0.29, 0.717) is 17.0 Å². The second kappa shape index (κ2) is 5.86. The molecule has 17 heavy (non-hydrogen) atoms. The summed E-state index contributed by atoms with van der Waals surface area (Å²) < 4.78 is 23.3. The molecular formula is C11H17NO3S2. The van der Waals surface area contributed by atoms with Crippen LogP contribution in [0.15, 0.2) is 28.0 Å². The molecule has 1 aromatic rings. The monoisotopic (exact) mass is 275 g/mol. The maximum atomic E-state index is 11.6. The van der Waals surface area contributed by atoms with Crippen molar-refractivity contribution in [3.8, 4) is 0 Å². The third-order valence-electron chi connectivity index (χ3n) is 2.37. The first-order chi connectivity index (χ1) is 7.91. The highest BCUT2D eigenvalue weighted by Crippen LogP contribution is 2.32. The summed E-state index contributed by atoms with van der Waals surface area (Å²) in [6.07, 6.45) is 2.28. The fraction of sp³-hybridized carbons (Fsp3) is 0.455. The largest absolute Gasteiger partial charge is 0.387 e. The molecule has 0 heterocycles. The Balaban J connectivity index is 3.33. The molecule has 0 aliphatic heterocycles. The second-order valence-corrected chi connectivity index (χ2v) is 6.52. The molecule has 0 bridgehead atoms. The number of sulfone groups is 1. The van der Waals surface area contributed by atoms with E-state index in [9.17, 15) is 13.5 Å². The molecule has 1 atom stereocenters. The first-order valence-electron chi connectivity index (χ1n) is 5.11. The van der Waals surface area contributed by atoms with E-state index < -0.39 is 15.9 Å². The van der Waals surface area contributed by atoms with E-state index in [4.69, 9.17) is 0 Å². The number of aliphatic hydroxyl groups is 1. The fourth-order valence-electron chi connectivity index (χ4n) is 1.61. The summed E-state index contributed by atoms with van der Waals surface area (Å²) in [6, 6.07) is 4.98. The number of nitrogens with one attached hydrogen (secondary N) is 1. The van der Waals surface area contributed by atoms with Gasteiger partial charge >= 0.3 is 0 Å². The zero-order valence-electron chi connectivity index (χ0n) is 10.1. The van der Waals surface area contributed by atoms with Gasteiger partial charge in [-0.25, -0.2) is 8.42 Å². The van der Waals surface area contributed by atoms with Gasteiger partial charge in [-0.15, -0.1) is 11.8 Å². The van der Waals surface area contributed by atoms with Gasteiger partial charge in [-0.05, 0) is 24.9 Å². The van der Waals surface area contributed by atoms with E-state index in [1.54, 1.807) is 31.5 Å². The number of thioether (sulfide) groups is 1. The first-order valence-corrected chi connectivity index (χ1v) is 8.23. The predicted molar refractivity (Wildman–Crippen MR) is 70.2 cm³/mol. The standard InChI is InChI=1S/C11H17NO3S2/c1-12-7-9(13)8-5-4-6-10(11(8)16-2)17(3,14)15/h4-6,9,12-13H,7H2,1-3H3. The van der Waals surface area contributed by atoms with Crippen molar-refractivity contribution in [2.24, 2.45) is 0 Å². The summed E-state index contributed by atoms with van der Waals surface area (Å²) >= 11 is 1.34. The molecule has 4 nitrogen and oxygen atoms in total. The highest BCUT2D eigenvalue weighted by Gasteiger charge is 2.19. The van der Waals surface area contributed by atoms with Crippen LogP contribution in [0, 0.1) is 0 Å². The third kappa shape index (κ3) is 3.45. The number of rotatable bonds is 5. The van der Waals surface area contributed by atoms with Crippen LogP contribution in [-0.2, 0) is 9.84 Å². The summed E-state index contributed by atoms with van der Waals surface area (Å²) in [4.78, 5) is 0.899. The van der Waals surface area contributed by atoms with E-state index in [1.807, 2.05) is 0 Å². The molecule has 0 spiro atoms. The second-order valence-electron chi connectivity index (χ2n) is 3.72. The van der Waals surface area contributed by atoms with E-state index in [1.165, 1.54) is 18.0 Å². The highest BCUT2D eigenvalue weighted by atomic mass is 32.2. The topological polar surface area (TPSA) is 66.4 Å². The van der Waals surface area contributed by atoms with Gasteiger partial charge in [0.1, 0.15) is 0 Å². The molecule has 0 aliphatic rings. The Morgan fingerprint density at radius 2 is 2.12 bits per heavy atom. The van der Waals surface area contributed by atoms with Gasteiger partial charge in [0.05, 0.1) is 11.0 Å². The van der Waals surface area contributed by atoms with Crippen molar-refractivity contribution < 1.29 is 13.5 Å². The average Bonchev–Trinajstić information content (AvgIpc) is 2.27. The van der Waals surface area contributed by atoms with Crippen LogP contribution in [-0.4, -0.2) is 39.6 Å². The lowest BCUT2D eigenvalue weighted by atomic mass is 10.1. The SMILES string of the molecule is CNCC(O)c1cccc(S(C)(=O)=O)c1SC. The van der Waals surface area contributed by atoms with Crippen LogP contribution < -0.4 is 5.32 Å². The lowest BCUT2D eigenvalue weighted by molar-refractivity contribution is 0.174. The molecule has 0 aliphatic carbocycles. The Morgan fingerprint density at radius 1 is 1.47 bits per heavy atom. The van der Waals surface area contributed by atoms with Gasteiger partial charge in [-0.2, -0.15) is 0 Å². The van der Waals surface area contributed by atoms with Crippen LogP contribution in [0.2, 0.25) is 0 Å². The van der Waals surface area contributed by atoms with Gasteiger partial charge in [-0.3, -0.25) is 0 Å². The maximum Gasteiger partial charge on any atom is 0.176 e. The predicted octanol–water partition coefficient (Wildman–Crippen LogP) is 1.06. The van der Waals surface area contributed by atoms with Gasteiger partial charge in [0.2, 0.25) is 0 Å². The minimum atomic E-state index is -3.27. The summed E-state index contributed by atoms with van der Waals surface area (Å²) in [5.74, 6) is 0. The minimum Gasteiger partial charge on any atom is -0.387 e. The van der Waals surface area contributed by atoms with Crippen LogP contribution in [0.5, 0.6) is 0 Å². The van der Waals surface area contributed by atoms with Crippen LogP contribution in [0.1, 0.15) is 11.7 Å². The molecule has 1 rings (SSSR count). The maximum absolute atomic E-state index is 11.6. The Kier molecular flexibility index (Phi) is 5.00. The number of likely N-dealkylation sites (N-methyl/N-ethyl adjacent to an activating group) is 1. The van der Waals surface area contributed by atoms with Crippen molar-refractivity contribution in [3.05, 3.63) is 23.8 Å². The number of benzene rings is 1. The lowest BCUT2D eigenvalue weighted by Crippen LogP contribution is -2.18. The molecule has 0 amide bonds. The Bertz CT molecular complexity index is 485. The average molecular weight is 275 g/mol. The molecule has 2 N–H and O–H groups in total. The van der Waals surface area contributed by atoms with Gasteiger partial charge in [-0.1, -0.05) is 12.1 Å². The molecule has 0 radical (unpaired) electrons. The molecule has 0 saturated carbocycles. The summed E-state index contributed by atoms with van der Waals surface area (Å²) in [5, 5.41) is 12.8. The van der Waals surface area contributed by atoms with Crippen molar-refractivity contribution in [3.63, 3.8) is 0 Å². The fourth-order valence-corrected chi connectivity index (χ4v) is 3.80. The lowest BCUT2D eigenvalue weighted by Gasteiger charge is -2.16. The zero-order chi connectivity index (χ0) is 13.1. The molecule has 1 aromatic carbocycles. The van der Waals surface area contributed by atoms with Crippen molar-refractivity contribution in [1.82, 2.24) is 5.32 Å². The number of aliphatic hydroxyl groups excluding tert-OH is 1. The molecule has 0 saturated heterocycles. The van der Waals surface area contributed by atoms with Crippen LogP contribution >= 0.6 is 11.8 Å². The molecule has 6 heteroatoms. The van der Waals surface area contributed by atoms with Crippen molar-refractivity contribution >= 4 is 21.6 Å². The van der Waals surface area contributed by atoms with Gasteiger partial charge in [0.25, 0.3) is 0 Å². The zero-order valence-corrected chi connectivity index (χ0v) is 11.7. The molecule has 0 aromatic heterocycles. The Hall–Kier alpha value is -0.560. The minimum absolute atomic E-state index is 0.276. The Morgan fingerprint density at radius 3 is 2.59 bits per heavy atom. The van der Waals surface area contributed by atoms with E-state index >= 15 is 0 Å². The molecule has 1 unspecified atom stereocenters. The van der Waals surface area contributed by atoms with Crippen molar-refractivity contribution in [1.29, 1.82) is 0 Å². The van der Waals surface area contributed by atoms with E-state index in [0.717, 1.165) is 0 Å². The number of hydrogen-bond donors (Lipinski definition) is 2. The summed E-state index contributed by atoms with van der Waals surface area (Å²) in [5.41, 5.74) is 0.648.